The van der Waals surface area contributed by atoms with Crippen molar-refractivity contribution < 1.29 is 13.2 Å². The van der Waals surface area contributed by atoms with Crippen LogP contribution < -0.4 is 15.2 Å². The first-order chi connectivity index (χ1) is 10.0. The molecule has 0 aromatic heterocycles. The molecule has 1 fully saturated rings. The minimum absolute atomic E-state index is 0.0478. The van der Waals surface area contributed by atoms with Crippen LogP contribution >= 0.6 is 0 Å². The van der Waals surface area contributed by atoms with Gasteiger partial charge in [-0.25, -0.2) is 13.1 Å². The molecule has 7 heteroatoms. The summed E-state index contributed by atoms with van der Waals surface area (Å²) in [4.78, 5) is 0.0478. The van der Waals surface area contributed by atoms with Crippen LogP contribution in [0.25, 0.3) is 0 Å². The van der Waals surface area contributed by atoms with Gasteiger partial charge in [0, 0.05) is 6.04 Å². The van der Waals surface area contributed by atoms with Crippen LogP contribution in [0.2, 0.25) is 0 Å². The number of ether oxygens (including phenoxy) is 1. The van der Waals surface area contributed by atoms with E-state index in [-0.39, 0.29) is 22.6 Å². The molecular formula is C14H19N3O3S. The Hall–Kier alpha value is -1.62. The minimum atomic E-state index is -3.69. The summed E-state index contributed by atoms with van der Waals surface area (Å²) in [7, 11) is -2.31. The highest BCUT2D eigenvalue weighted by Gasteiger charge is 2.31. The van der Waals surface area contributed by atoms with E-state index in [1.807, 2.05) is 6.07 Å². The summed E-state index contributed by atoms with van der Waals surface area (Å²) in [5.41, 5.74) is 6.03. The standard InChI is InChI=1S/C14H19N3O3S/c1-20-13-7-10(8-15)5-6-14(13)21(18,19)17-12-4-2-3-11(12)9-16/h5-7,11-12,17H,2-4,9,16H2,1H3. The van der Waals surface area contributed by atoms with Crippen molar-refractivity contribution in [2.24, 2.45) is 11.7 Å². The summed E-state index contributed by atoms with van der Waals surface area (Å²) in [6.07, 6.45) is 2.70. The van der Waals surface area contributed by atoms with Crippen LogP contribution in [-0.2, 0) is 10.0 Å². The first-order valence-electron chi connectivity index (χ1n) is 6.82. The lowest BCUT2D eigenvalue weighted by Crippen LogP contribution is -2.39. The van der Waals surface area contributed by atoms with Crippen molar-refractivity contribution in [1.29, 1.82) is 5.26 Å². The summed E-state index contributed by atoms with van der Waals surface area (Å²) < 4.78 is 32.8. The van der Waals surface area contributed by atoms with E-state index in [4.69, 9.17) is 15.7 Å². The molecule has 1 aliphatic rings. The van der Waals surface area contributed by atoms with Crippen LogP contribution in [0.1, 0.15) is 24.8 Å². The summed E-state index contributed by atoms with van der Waals surface area (Å²) in [6.45, 7) is 0.470. The molecule has 0 heterocycles. The highest BCUT2D eigenvalue weighted by atomic mass is 32.2. The minimum Gasteiger partial charge on any atom is -0.495 e. The Morgan fingerprint density at radius 2 is 2.24 bits per heavy atom. The van der Waals surface area contributed by atoms with Crippen LogP contribution in [0.3, 0.4) is 0 Å². The maximum atomic E-state index is 12.5. The van der Waals surface area contributed by atoms with Gasteiger partial charge in [0.05, 0.1) is 18.7 Å². The molecule has 0 bridgehead atoms. The number of hydrogen-bond donors (Lipinski definition) is 2. The maximum absolute atomic E-state index is 12.5. The Balaban J connectivity index is 2.29. The van der Waals surface area contributed by atoms with E-state index in [0.29, 0.717) is 12.1 Å². The molecule has 0 spiro atoms. The van der Waals surface area contributed by atoms with Crippen molar-refractivity contribution in [3.8, 4) is 11.8 Å². The molecule has 3 N–H and O–H groups in total. The summed E-state index contributed by atoms with van der Waals surface area (Å²) >= 11 is 0. The van der Waals surface area contributed by atoms with Crippen molar-refractivity contribution >= 4 is 10.0 Å². The summed E-state index contributed by atoms with van der Waals surface area (Å²) in [5.74, 6) is 0.341. The fourth-order valence-corrected chi connectivity index (χ4v) is 4.19. The van der Waals surface area contributed by atoms with Crippen LogP contribution in [0.15, 0.2) is 23.1 Å². The molecule has 114 valence electrons. The third kappa shape index (κ3) is 3.35. The van der Waals surface area contributed by atoms with Gasteiger partial charge < -0.3 is 10.5 Å². The molecule has 0 radical (unpaired) electrons. The van der Waals surface area contributed by atoms with Gasteiger partial charge in [-0.1, -0.05) is 6.42 Å². The number of methoxy groups -OCH3 is 1. The number of nitrogens with one attached hydrogen (secondary N) is 1. The molecule has 0 saturated heterocycles. The average Bonchev–Trinajstić information content (AvgIpc) is 2.92. The molecule has 1 aromatic carbocycles. The Bertz CT molecular complexity index is 652. The van der Waals surface area contributed by atoms with Gasteiger partial charge in [-0.2, -0.15) is 5.26 Å². The van der Waals surface area contributed by atoms with Gasteiger partial charge in [0.25, 0.3) is 0 Å². The van der Waals surface area contributed by atoms with Crippen LogP contribution in [0.4, 0.5) is 0 Å². The zero-order valence-electron chi connectivity index (χ0n) is 11.9. The smallest absolute Gasteiger partial charge is 0.244 e. The van der Waals surface area contributed by atoms with Gasteiger partial charge in [0.2, 0.25) is 10.0 Å². The van der Waals surface area contributed by atoms with E-state index in [1.54, 1.807) is 0 Å². The van der Waals surface area contributed by atoms with Gasteiger partial charge >= 0.3 is 0 Å². The second-order valence-corrected chi connectivity index (χ2v) is 6.81. The number of nitrogens with two attached hydrogens (primary N) is 1. The molecular weight excluding hydrogens is 290 g/mol. The lowest BCUT2D eigenvalue weighted by Gasteiger charge is -2.20. The van der Waals surface area contributed by atoms with Crippen LogP contribution in [0.5, 0.6) is 5.75 Å². The zero-order chi connectivity index (χ0) is 15.5. The van der Waals surface area contributed by atoms with Crippen molar-refractivity contribution in [3.63, 3.8) is 0 Å². The molecule has 1 aliphatic carbocycles. The van der Waals surface area contributed by atoms with Gasteiger partial charge in [0.1, 0.15) is 10.6 Å². The lowest BCUT2D eigenvalue weighted by atomic mass is 10.1. The Labute approximate surface area is 125 Å². The van der Waals surface area contributed by atoms with E-state index in [9.17, 15) is 8.42 Å². The Morgan fingerprint density at radius 1 is 1.48 bits per heavy atom. The maximum Gasteiger partial charge on any atom is 0.244 e. The van der Waals surface area contributed by atoms with E-state index < -0.39 is 10.0 Å². The number of hydrogen-bond acceptors (Lipinski definition) is 5. The number of nitriles is 1. The second-order valence-electron chi connectivity index (χ2n) is 5.13. The monoisotopic (exact) mass is 309 g/mol. The topological polar surface area (TPSA) is 105 Å². The molecule has 2 unspecified atom stereocenters. The zero-order valence-corrected chi connectivity index (χ0v) is 12.7. The van der Waals surface area contributed by atoms with Gasteiger partial charge in [-0.05, 0) is 43.5 Å². The molecule has 1 aromatic rings. The predicted molar refractivity (Wildman–Crippen MR) is 78.2 cm³/mol. The highest BCUT2D eigenvalue weighted by Crippen LogP contribution is 2.29. The molecule has 6 nitrogen and oxygen atoms in total. The van der Waals surface area contributed by atoms with Gasteiger partial charge in [-0.15, -0.1) is 0 Å². The molecule has 1 saturated carbocycles. The first-order valence-corrected chi connectivity index (χ1v) is 8.30. The number of nitrogens with zero attached hydrogens (tertiary/aromatic N) is 1. The molecule has 0 aliphatic heterocycles. The normalized spacial score (nSPS) is 22.0. The van der Waals surface area contributed by atoms with Crippen molar-refractivity contribution in [2.45, 2.75) is 30.2 Å². The van der Waals surface area contributed by atoms with Gasteiger partial charge in [0.15, 0.2) is 0 Å². The average molecular weight is 309 g/mol. The van der Waals surface area contributed by atoms with E-state index in [2.05, 4.69) is 4.72 Å². The predicted octanol–water partition coefficient (Wildman–Crippen LogP) is 0.973. The fourth-order valence-electron chi connectivity index (χ4n) is 2.70. The van der Waals surface area contributed by atoms with Crippen molar-refractivity contribution in [1.82, 2.24) is 4.72 Å². The van der Waals surface area contributed by atoms with Crippen molar-refractivity contribution in [2.75, 3.05) is 13.7 Å². The summed E-state index contributed by atoms with van der Waals surface area (Å²) in [5, 5.41) is 8.86. The van der Waals surface area contributed by atoms with E-state index in [0.717, 1.165) is 19.3 Å². The highest BCUT2D eigenvalue weighted by molar-refractivity contribution is 7.89. The molecule has 2 atom stereocenters. The summed E-state index contributed by atoms with van der Waals surface area (Å²) in [6, 6.07) is 6.10. The number of sulfonamides is 1. The quantitative estimate of drug-likeness (QED) is 0.843. The molecule has 0 amide bonds. The number of rotatable bonds is 5. The molecule has 2 rings (SSSR count). The second kappa shape index (κ2) is 6.43. The van der Waals surface area contributed by atoms with E-state index >= 15 is 0 Å². The fraction of sp³-hybridized carbons (Fsp3) is 0.500. The van der Waals surface area contributed by atoms with Crippen LogP contribution in [0, 0.1) is 17.2 Å². The van der Waals surface area contributed by atoms with Crippen molar-refractivity contribution in [3.05, 3.63) is 23.8 Å². The lowest BCUT2D eigenvalue weighted by molar-refractivity contribution is 0.400. The SMILES string of the molecule is COc1cc(C#N)ccc1S(=O)(=O)NC1CCCC1CN. The first kappa shape index (κ1) is 15.8. The largest absolute Gasteiger partial charge is 0.495 e. The Kier molecular flexibility index (Phi) is 4.83. The number of benzene rings is 1. The third-order valence-corrected chi connectivity index (χ3v) is 5.38. The Morgan fingerprint density at radius 3 is 2.86 bits per heavy atom. The van der Waals surface area contributed by atoms with Crippen LogP contribution in [-0.4, -0.2) is 28.1 Å². The third-order valence-electron chi connectivity index (χ3n) is 3.85. The van der Waals surface area contributed by atoms with E-state index in [1.165, 1.54) is 25.3 Å². The van der Waals surface area contributed by atoms with Gasteiger partial charge in [-0.3, -0.25) is 0 Å². The molecule has 21 heavy (non-hydrogen) atoms.